The van der Waals surface area contributed by atoms with Crippen molar-refractivity contribution >= 4 is 26.2 Å². The number of fused-ring (bicyclic) bond motifs is 1. The number of urea groups is 1. The molecular formula is C25H21F5N3O5P. The van der Waals surface area contributed by atoms with E-state index in [0.717, 1.165) is 17.0 Å². The Balaban J connectivity index is 1.64. The van der Waals surface area contributed by atoms with Crippen LogP contribution in [0.2, 0.25) is 0 Å². The lowest BCUT2D eigenvalue weighted by Gasteiger charge is -2.39. The molecule has 3 N–H and O–H groups in total. The average molecular weight is 569 g/mol. The number of nitrogens with one attached hydrogen (secondary N) is 1. The van der Waals surface area contributed by atoms with Crippen molar-refractivity contribution in [3.05, 3.63) is 93.8 Å². The number of carbonyl (C=O) groups is 2. The van der Waals surface area contributed by atoms with E-state index in [1.54, 1.807) is 13.0 Å². The minimum absolute atomic E-state index is 0.0184. The molecule has 1 heterocycles. The van der Waals surface area contributed by atoms with E-state index in [4.69, 9.17) is 9.79 Å². The number of amides is 3. The standard InChI is InChI=1S/C25H21F5N3O5P/c1-12-16-4-3-13(24(34)31-10-17-19(27)6-14(26)7-20(17)28)5-23(16)33(25(35)32(12)2)11-18-21(29)8-15(9-22(18)30)38-39(36)37/h3-9,12,36-37H,10-11H2,1-2H3,(H,31,34)/t12-/m0/s1. The first-order valence-corrected chi connectivity index (χ1v) is 12.5. The van der Waals surface area contributed by atoms with Gasteiger partial charge in [0.25, 0.3) is 5.91 Å². The number of rotatable bonds is 7. The number of hydrogen-bond acceptors (Lipinski definition) is 5. The predicted octanol–water partition coefficient (Wildman–Crippen LogP) is 5.04. The zero-order valence-electron chi connectivity index (χ0n) is 20.4. The highest BCUT2D eigenvalue weighted by Gasteiger charge is 2.35. The largest absolute Gasteiger partial charge is 0.427 e. The Labute approximate surface area is 220 Å². The third-order valence-corrected chi connectivity index (χ3v) is 6.67. The third kappa shape index (κ3) is 5.80. The van der Waals surface area contributed by atoms with Gasteiger partial charge in [0, 0.05) is 54.5 Å². The minimum atomic E-state index is -2.91. The number of anilines is 1. The summed E-state index contributed by atoms with van der Waals surface area (Å²) in [6.07, 6.45) is 0. The molecule has 0 saturated heterocycles. The van der Waals surface area contributed by atoms with Gasteiger partial charge >= 0.3 is 14.6 Å². The fraction of sp³-hybridized carbons (Fsp3) is 0.200. The van der Waals surface area contributed by atoms with Gasteiger partial charge in [-0.1, -0.05) is 6.07 Å². The number of nitrogens with zero attached hydrogens (tertiary/aromatic N) is 2. The Morgan fingerprint density at radius 2 is 1.56 bits per heavy atom. The molecule has 0 unspecified atom stereocenters. The van der Waals surface area contributed by atoms with E-state index in [-0.39, 0.29) is 11.3 Å². The summed E-state index contributed by atoms with van der Waals surface area (Å²) in [6.45, 7) is 0.526. The molecule has 3 aromatic carbocycles. The molecule has 1 aliphatic rings. The summed E-state index contributed by atoms with van der Waals surface area (Å²) in [5.41, 5.74) is -0.373. The lowest BCUT2D eigenvalue weighted by molar-refractivity contribution is 0.0950. The van der Waals surface area contributed by atoms with E-state index < -0.39 is 85.6 Å². The molecule has 0 spiro atoms. The van der Waals surface area contributed by atoms with Gasteiger partial charge in [-0.25, -0.2) is 26.7 Å². The SMILES string of the molecule is C[C@H]1c2ccc(C(=O)NCc3c(F)cc(F)cc3F)cc2N(Cc2c(F)cc(OP(O)O)cc2F)C(=O)N1C. The number of benzene rings is 3. The Hall–Kier alpha value is -3.80. The van der Waals surface area contributed by atoms with Crippen molar-refractivity contribution in [3.8, 4) is 5.75 Å². The molecule has 39 heavy (non-hydrogen) atoms. The van der Waals surface area contributed by atoms with Crippen LogP contribution >= 0.6 is 8.60 Å². The van der Waals surface area contributed by atoms with Crippen LogP contribution in [-0.4, -0.2) is 33.7 Å². The van der Waals surface area contributed by atoms with Crippen LogP contribution in [0.4, 0.5) is 32.4 Å². The van der Waals surface area contributed by atoms with Crippen LogP contribution in [0.3, 0.4) is 0 Å². The van der Waals surface area contributed by atoms with Gasteiger partial charge in [0.05, 0.1) is 18.3 Å². The summed E-state index contributed by atoms with van der Waals surface area (Å²) in [7, 11) is -1.42. The summed E-state index contributed by atoms with van der Waals surface area (Å²) < 4.78 is 75.2. The Bertz CT molecular complexity index is 1410. The van der Waals surface area contributed by atoms with Crippen molar-refractivity contribution in [1.29, 1.82) is 0 Å². The maximum Gasteiger partial charge on any atom is 0.391 e. The summed E-state index contributed by atoms with van der Waals surface area (Å²) in [6, 6.07) is 5.60. The summed E-state index contributed by atoms with van der Waals surface area (Å²) in [4.78, 5) is 46.2. The maximum atomic E-state index is 14.8. The van der Waals surface area contributed by atoms with E-state index >= 15 is 0 Å². The van der Waals surface area contributed by atoms with Gasteiger partial charge < -0.3 is 24.5 Å². The van der Waals surface area contributed by atoms with Crippen LogP contribution in [0.5, 0.6) is 5.75 Å². The van der Waals surface area contributed by atoms with Crippen molar-refractivity contribution < 1.29 is 45.9 Å². The van der Waals surface area contributed by atoms with Crippen LogP contribution in [-0.2, 0) is 13.1 Å². The molecule has 0 saturated carbocycles. The molecule has 0 aliphatic carbocycles. The molecule has 3 amide bonds. The van der Waals surface area contributed by atoms with Crippen LogP contribution < -0.4 is 14.7 Å². The average Bonchev–Trinajstić information content (AvgIpc) is 2.85. The number of hydrogen-bond donors (Lipinski definition) is 3. The maximum absolute atomic E-state index is 14.8. The second-order valence-electron chi connectivity index (χ2n) is 8.67. The van der Waals surface area contributed by atoms with E-state index in [1.165, 1.54) is 24.1 Å². The summed E-state index contributed by atoms with van der Waals surface area (Å²) in [5, 5.41) is 2.33. The first-order chi connectivity index (χ1) is 18.4. The molecule has 0 fully saturated rings. The molecule has 0 aromatic heterocycles. The highest BCUT2D eigenvalue weighted by molar-refractivity contribution is 7.39. The van der Waals surface area contributed by atoms with Gasteiger partial charge in [-0.05, 0) is 24.6 Å². The van der Waals surface area contributed by atoms with Crippen LogP contribution in [0.25, 0.3) is 0 Å². The van der Waals surface area contributed by atoms with E-state index in [2.05, 4.69) is 9.84 Å². The number of halogens is 5. The topological polar surface area (TPSA) is 102 Å². The van der Waals surface area contributed by atoms with E-state index in [9.17, 15) is 31.5 Å². The molecule has 8 nitrogen and oxygen atoms in total. The fourth-order valence-corrected chi connectivity index (χ4v) is 4.43. The van der Waals surface area contributed by atoms with Gasteiger partial charge in [0.1, 0.15) is 34.8 Å². The molecule has 0 radical (unpaired) electrons. The van der Waals surface area contributed by atoms with E-state index in [1.807, 2.05) is 0 Å². The molecular weight excluding hydrogens is 548 g/mol. The lowest BCUT2D eigenvalue weighted by Crippen LogP contribution is -2.47. The molecule has 0 bridgehead atoms. The quantitative estimate of drug-likeness (QED) is 0.274. The summed E-state index contributed by atoms with van der Waals surface area (Å²) >= 11 is 0. The normalized spacial score (nSPS) is 15.0. The van der Waals surface area contributed by atoms with Gasteiger partial charge in [0.15, 0.2) is 0 Å². The van der Waals surface area contributed by atoms with E-state index in [0.29, 0.717) is 17.7 Å². The molecule has 206 valence electrons. The van der Waals surface area contributed by atoms with Crippen molar-refractivity contribution in [1.82, 2.24) is 10.2 Å². The van der Waals surface area contributed by atoms with Crippen molar-refractivity contribution in [2.24, 2.45) is 0 Å². The third-order valence-electron chi connectivity index (χ3n) is 6.30. The van der Waals surface area contributed by atoms with Gasteiger partial charge in [-0.2, -0.15) is 0 Å². The van der Waals surface area contributed by atoms with Crippen LogP contribution in [0, 0.1) is 29.1 Å². The molecule has 4 rings (SSSR count). The minimum Gasteiger partial charge on any atom is -0.427 e. The van der Waals surface area contributed by atoms with Gasteiger partial charge in [-0.3, -0.25) is 9.69 Å². The molecule has 1 aliphatic heterocycles. The zero-order chi connectivity index (χ0) is 28.6. The first kappa shape index (κ1) is 28.2. The van der Waals surface area contributed by atoms with Gasteiger partial charge in [0.2, 0.25) is 0 Å². The summed E-state index contributed by atoms with van der Waals surface area (Å²) in [5.74, 6) is -6.94. The molecule has 1 atom stereocenters. The van der Waals surface area contributed by atoms with Gasteiger partial charge in [-0.15, -0.1) is 0 Å². The predicted molar refractivity (Wildman–Crippen MR) is 130 cm³/mol. The first-order valence-electron chi connectivity index (χ1n) is 11.3. The second-order valence-corrected chi connectivity index (χ2v) is 9.36. The molecule has 3 aromatic rings. The van der Waals surface area contributed by atoms with Crippen LogP contribution in [0.1, 0.15) is 40.0 Å². The number of carbonyl (C=O) groups excluding carboxylic acids is 2. The monoisotopic (exact) mass is 569 g/mol. The Morgan fingerprint density at radius 3 is 2.15 bits per heavy atom. The highest BCUT2D eigenvalue weighted by atomic mass is 31.2. The fourth-order valence-electron chi connectivity index (χ4n) is 4.14. The smallest absolute Gasteiger partial charge is 0.391 e. The van der Waals surface area contributed by atoms with Crippen molar-refractivity contribution in [2.75, 3.05) is 11.9 Å². The van der Waals surface area contributed by atoms with Crippen LogP contribution in [0.15, 0.2) is 42.5 Å². The Morgan fingerprint density at radius 1 is 0.974 bits per heavy atom. The second kappa shape index (κ2) is 11.1. The van der Waals surface area contributed by atoms with Crippen molar-refractivity contribution in [3.63, 3.8) is 0 Å². The molecule has 14 heteroatoms. The highest BCUT2D eigenvalue weighted by Crippen LogP contribution is 2.38. The Kier molecular flexibility index (Phi) is 8.05. The zero-order valence-corrected chi connectivity index (χ0v) is 21.3. The lowest BCUT2D eigenvalue weighted by atomic mass is 9.98. The van der Waals surface area contributed by atoms with Crippen molar-refractivity contribution in [2.45, 2.75) is 26.1 Å².